The zero-order chi connectivity index (χ0) is 16.4. The van der Waals surface area contributed by atoms with E-state index in [1.54, 1.807) is 25.1 Å². The number of aryl methyl sites for hydroxylation is 1. The fourth-order valence-corrected chi connectivity index (χ4v) is 2.39. The van der Waals surface area contributed by atoms with Gasteiger partial charge in [0.15, 0.2) is 11.9 Å². The van der Waals surface area contributed by atoms with Crippen molar-refractivity contribution in [2.24, 2.45) is 0 Å². The molecule has 0 saturated carbocycles. The third kappa shape index (κ3) is 3.18. The Kier molecular flexibility index (Phi) is 4.02. The highest BCUT2D eigenvalue weighted by atomic mass is 16.5. The third-order valence-corrected chi connectivity index (χ3v) is 3.76. The fraction of sp³-hybridized carbons (Fsp3) is 0.222. The maximum atomic E-state index is 12.4. The molecule has 0 radical (unpaired) electrons. The minimum absolute atomic E-state index is 0.213. The molecule has 1 atom stereocenters. The SMILES string of the molecule is Cc1ccc(CNC(=O)c2cccc3c2OC(C)C(=O)N3)cc1. The summed E-state index contributed by atoms with van der Waals surface area (Å²) in [5.41, 5.74) is 3.14. The highest BCUT2D eigenvalue weighted by Crippen LogP contribution is 2.33. The van der Waals surface area contributed by atoms with Crippen molar-refractivity contribution in [2.75, 3.05) is 5.32 Å². The molecule has 1 aliphatic rings. The van der Waals surface area contributed by atoms with Gasteiger partial charge in [-0.1, -0.05) is 35.9 Å². The van der Waals surface area contributed by atoms with Gasteiger partial charge in [0.1, 0.15) is 0 Å². The number of carbonyl (C=O) groups is 2. The van der Waals surface area contributed by atoms with Crippen molar-refractivity contribution in [2.45, 2.75) is 26.5 Å². The number of fused-ring (bicyclic) bond motifs is 1. The first-order chi connectivity index (χ1) is 11.0. The number of hydrogen-bond acceptors (Lipinski definition) is 3. The number of rotatable bonds is 3. The van der Waals surface area contributed by atoms with E-state index < -0.39 is 6.10 Å². The first-order valence-electron chi connectivity index (χ1n) is 7.49. The second-order valence-electron chi connectivity index (χ2n) is 5.60. The molecule has 0 bridgehead atoms. The predicted octanol–water partition coefficient (Wildman–Crippen LogP) is 2.64. The average molecular weight is 310 g/mol. The van der Waals surface area contributed by atoms with Crippen LogP contribution in [0.15, 0.2) is 42.5 Å². The molecule has 2 aromatic rings. The Bertz CT molecular complexity index is 753. The van der Waals surface area contributed by atoms with Crippen molar-refractivity contribution >= 4 is 17.5 Å². The van der Waals surface area contributed by atoms with Crippen molar-refractivity contribution in [1.29, 1.82) is 0 Å². The van der Waals surface area contributed by atoms with E-state index in [9.17, 15) is 9.59 Å². The first-order valence-corrected chi connectivity index (χ1v) is 7.49. The van der Waals surface area contributed by atoms with Crippen molar-refractivity contribution in [1.82, 2.24) is 5.32 Å². The van der Waals surface area contributed by atoms with Gasteiger partial charge in [-0.15, -0.1) is 0 Å². The minimum atomic E-state index is -0.617. The van der Waals surface area contributed by atoms with E-state index in [0.717, 1.165) is 5.56 Å². The maximum absolute atomic E-state index is 12.4. The number of carbonyl (C=O) groups excluding carboxylic acids is 2. The topological polar surface area (TPSA) is 67.4 Å². The van der Waals surface area contributed by atoms with Crippen LogP contribution in [0.25, 0.3) is 0 Å². The molecule has 2 aromatic carbocycles. The molecule has 3 rings (SSSR count). The zero-order valence-electron chi connectivity index (χ0n) is 13.1. The normalized spacial score (nSPS) is 16.1. The van der Waals surface area contributed by atoms with E-state index in [1.165, 1.54) is 5.56 Å². The van der Waals surface area contributed by atoms with Crippen LogP contribution in [-0.4, -0.2) is 17.9 Å². The molecule has 5 nitrogen and oxygen atoms in total. The van der Waals surface area contributed by atoms with E-state index >= 15 is 0 Å². The lowest BCUT2D eigenvalue weighted by atomic mass is 10.1. The Morgan fingerprint density at radius 1 is 1.22 bits per heavy atom. The Balaban J connectivity index is 1.76. The monoisotopic (exact) mass is 310 g/mol. The molecule has 0 saturated heterocycles. The molecular weight excluding hydrogens is 292 g/mol. The van der Waals surface area contributed by atoms with Gasteiger partial charge in [0.25, 0.3) is 11.8 Å². The van der Waals surface area contributed by atoms with Gasteiger partial charge >= 0.3 is 0 Å². The molecule has 118 valence electrons. The number of para-hydroxylation sites is 1. The highest BCUT2D eigenvalue weighted by molar-refractivity contribution is 6.03. The summed E-state index contributed by atoms with van der Waals surface area (Å²) in [6.45, 7) is 4.11. The number of nitrogens with one attached hydrogen (secondary N) is 2. The quantitative estimate of drug-likeness (QED) is 0.916. The smallest absolute Gasteiger partial charge is 0.265 e. The molecule has 0 aromatic heterocycles. The van der Waals surface area contributed by atoms with Crippen LogP contribution in [0.4, 0.5) is 5.69 Å². The Morgan fingerprint density at radius 3 is 2.70 bits per heavy atom. The molecule has 0 spiro atoms. The highest BCUT2D eigenvalue weighted by Gasteiger charge is 2.27. The largest absolute Gasteiger partial charge is 0.478 e. The Hall–Kier alpha value is -2.82. The van der Waals surface area contributed by atoms with Crippen LogP contribution >= 0.6 is 0 Å². The van der Waals surface area contributed by atoms with Crippen LogP contribution in [0.1, 0.15) is 28.4 Å². The predicted molar refractivity (Wildman–Crippen MR) is 87.5 cm³/mol. The lowest BCUT2D eigenvalue weighted by Crippen LogP contribution is -2.35. The Labute approximate surface area is 134 Å². The maximum Gasteiger partial charge on any atom is 0.265 e. The van der Waals surface area contributed by atoms with Crippen molar-refractivity contribution in [3.63, 3.8) is 0 Å². The number of anilines is 1. The summed E-state index contributed by atoms with van der Waals surface area (Å²) in [5, 5.41) is 5.62. The summed E-state index contributed by atoms with van der Waals surface area (Å²) in [6.07, 6.45) is -0.617. The van der Waals surface area contributed by atoms with Crippen molar-refractivity contribution in [3.8, 4) is 5.75 Å². The minimum Gasteiger partial charge on any atom is -0.478 e. The van der Waals surface area contributed by atoms with Gasteiger partial charge < -0.3 is 15.4 Å². The van der Waals surface area contributed by atoms with E-state index in [4.69, 9.17) is 4.74 Å². The second-order valence-corrected chi connectivity index (χ2v) is 5.60. The molecule has 2 amide bonds. The summed E-state index contributed by atoms with van der Waals surface area (Å²) in [5.74, 6) is -0.0264. The Morgan fingerprint density at radius 2 is 1.96 bits per heavy atom. The molecule has 2 N–H and O–H groups in total. The molecule has 1 aliphatic heterocycles. The number of benzene rings is 2. The summed E-state index contributed by atoms with van der Waals surface area (Å²) in [7, 11) is 0. The molecule has 1 unspecified atom stereocenters. The van der Waals surface area contributed by atoms with E-state index in [0.29, 0.717) is 23.5 Å². The summed E-state index contributed by atoms with van der Waals surface area (Å²) in [4.78, 5) is 24.1. The molecule has 23 heavy (non-hydrogen) atoms. The van der Waals surface area contributed by atoms with E-state index in [-0.39, 0.29) is 11.8 Å². The standard InChI is InChI=1S/C18H18N2O3/c1-11-6-8-13(9-7-11)10-19-18(22)14-4-3-5-15-16(14)23-12(2)17(21)20-15/h3-9,12H,10H2,1-2H3,(H,19,22)(H,20,21). The average Bonchev–Trinajstić information content (AvgIpc) is 2.54. The number of ether oxygens (including phenoxy) is 1. The van der Waals surface area contributed by atoms with Crippen molar-refractivity contribution < 1.29 is 14.3 Å². The third-order valence-electron chi connectivity index (χ3n) is 3.76. The van der Waals surface area contributed by atoms with E-state index in [1.807, 2.05) is 31.2 Å². The lowest BCUT2D eigenvalue weighted by molar-refractivity contribution is -0.122. The van der Waals surface area contributed by atoms with Gasteiger partial charge in [0.2, 0.25) is 0 Å². The zero-order valence-corrected chi connectivity index (χ0v) is 13.1. The lowest BCUT2D eigenvalue weighted by Gasteiger charge is -2.25. The molecular formula is C18H18N2O3. The van der Waals surface area contributed by atoms with Crippen LogP contribution in [0.5, 0.6) is 5.75 Å². The van der Waals surface area contributed by atoms with Gasteiger partial charge in [-0.05, 0) is 31.5 Å². The van der Waals surface area contributed by atoms with Crippen LogP contribution in [0.3, 0.4) is 0 Å². The fourth-order valence-electron chi connectivity index (χ4n) is 2.39. The van der Waals surface area contributed by atoms with Gasteiger partial charge in [0, 0.05) is 6.54 Å². The summed E-state index contributed by atoms with van der Waals surface area (Å²) in [6, 6.07) is 13.1. The van der Waals surface area contributed by atoms with Gasteiger partial charge in [0.05, 0.1) is 11.3 Å². The van der Waals surface area contributed by atoms with Crippen LogP contribution in [0.2, 0.25) is 0 Å². The summed E-state index contributed by atoms with van der Waals surface area (Å²) >= 11 is 0. The van der Waals surface area contributed by atoms with Crippen molar-refractivity contribution in [3.05, 3.63) is 59.2 Å². The number of hydrogen-bond donors (Lipinski definition) is 2. The number of amides is 2. The molecule has 0 fully saturated rings. The molecule has 0 aliphatic carbocycles. The van der Waals surface area contributed by atoms with E-state index in [2.05, 4.69) is 10.6 Å². The van der Waals surface area contributed by atoms with Crippen LogP contribution in [0, 0.1) is 6.92 Å². The molecule has 1 heterocycles. The van der Waals surface area contributed by atoms with Gasteiger partial charge in [-0.25, -0.2) is 0 Å². The van der Waals surface area contributed by atoms with Gasteiger partial charge in [-0.2, -0.15) is 0 Å². The first kappa shape index (κ1) is 15.1. The van der Waals surface area contributed by atoms with Crippen LogP contribution < -0.4 is 15.4 Å². The summed E-state index contributed by atoms with van der Waals surface area (Å²) < 4.78 is 5.59. The van der Waals surface area contributed by atoms with Gasteiger partial charge in [-0.3, -0.25) is 9.59 Å². The second kappa shape index (κ2) is 6.12. The van der Waals surface area contributed by atoms with Crippen LogP contribution in [-0.2, 0) is 11.3 Å². The molecule has 5 heteroatoms.